The fourth-order valence-electron chi connectivity index (χ4n) is 1.04. The maximum absolute atomic E-state index is 11.0. The Morgan fingerprint density at radius 3 is 2.82 bits per heavy atom. The van der Waals surface area contributed by atoms with Crippen molar-refractivity contribution in [3.05, 3.63) is 0 Å². The van der Waals surface area contributed by atoms with Crippen LogP contribution in [-0.4, -0.2) is 40.2 Å². The van der Waals surface area contributed by atoms with Crippen molar-refractivity contribution in [2.75, 3.05) is 13.1 Å². The summed E-state index contributed by atoms with van der Waals surface area (Å²) >= 11 is 3.98. The summed E-state index contributed by atoms with van der Waals surface area (Å²) in [6.07, 6.45) is 0.648. The molecule has 0 aromatic rings. The fourth-order valence-corrected chi connectivity index (χ4v) is 1.32. The lowest BCUT2D eigenvalue weighted by atomic mass is 10.4. The lowest BCUT2D eigenvalue weighted by Gasteiger charge is -2.11. The van der Waals surface area contributed by atoms with E-state index < -0.39 is 5.97 Å². The van der Waals surface area contributed by atoms with Crippen LogP contribution in [0.15, 0.2) is 0 Å². The first kappa shape index (κ1) is 8.39. The molecule has 0 radical (unpaired) electrons. The zero-order chi connectivity index (χ0) is 8.43. The van der Waals surface area contributed by atoms with Gasteiger partial charge in [0.1, 0.15) is 6.54 Å². The Balaban J connectivity index is 2.49. The molecule has 5 heteroatoms. The van der Waals surface area contributed by atoms with E-state index in [0.717, 1.165) is 0 Å². The predicted molar refractivity (Wildman–Crippen MR) is 41.6 cm³/mol. The highest BCUT2D eigenvalue weighted by atomic mass is 32.1. The molecular weight excluding hydrogens is 166 g/mol. The van der Waals surface area contributed by atoms with Crippen molar-refractivity contribution < 1.29 is 14.7 Å². The Hall–Kier alpha value is -0.710. The molecule has 4 nitrogen and oxygen atoms in total. The zero-order valence-electron chi connectivity index (χ0n) is 5.86. The summed E-state index contributed by atoms with van der Waals surface area (Å²) < 4.78 is 0. The van der Waals surface area contributed by atoms with Crippen LogP contribution in [0.5, 0.6) is 0 Å². The number of carboxylic acid groups (broad SMARTS) is 1. The van der Waals surface area contributed by atoms with Crippen molar-refractivity contribution in [3.63, 3.8) is 0 Å². The molecule has 0 unspecified atom stereocenters. The lowest BCUT2D eigenvalue weighted by molar-refractivity contribution is -0.142. The summed E-state index contributed by atoms with van der Waals surface area (Å²) in [6, 6.07) is 0. The van der Waals surface area contributed by atoms with E-state index in [2.05, 4.69) is 12.6 Å². The fraction of sp³-hybridized carbons (Fsp3) is 0.667. The van der Waals surface area contributed by atoms with Crippen LogP contribution >= 0.6 is 12.6 Å². The molecule has 1 aliphatic rings. The largest absolute Gasteiger partial charge is 0.480 e. The van der Waals surface area contributed by atoms with Crippen molar-refractivity contribution in [1.29, 1.82) is 0 Å². The number of hydrogen-bond donors (Lipinski definition) is 2. The summed E-state index contributed by atoms with van der Waals surface area (Å²) in [4.78, 5) is 22.5. The van der Waals surface area contributed by atoms with E-state index in [0.29, 0.717) is 13.0 Å². The SMILES string of the molecule is O=C(O)CN1CC[C@@H](S)C1=O. The first-order chi connectivity index (χ1) is 5.11. The lowest BCUT2D eigenvalue weighted by Crippen LogP contribution is -2.32. The summed E-state index contributed by atoms with van der Waals surface area (Å²) in [6.45, 7) is 0.315. The number of likely N-dealkylation sites (tertiary alicyclic amines) is 1. The van der Waals surface area contributed by atoms with Crippen molar-refractivity contribution in [3.8, 4) is 0 Å². The minimum Gasteiger partial charge on any atom is -0.480 e. The average Bonchev–Trinajstić information content (AvgIpc) is 2.18. The molecule has 1 atom stereocenters. The topological polar surface area (TPSA) is 57.6 Å². The monoisotopic (exact) mass is 175 g/mol. The third kappa shape index (κ3) is 1.86. The number of amides is 1. The number of hydrogen-bond acceptors (Lipinski definition) is 3. The molecule has 1 heterocycles. The Morgan fingerprint density at radius 1 is 1.82 bits per heavy atom. The van der Waals surface area contributed by atoms with Crippen LogP contribution in [0, 0.1) is 0 Å². The van der Waals surface area contributed by atoms with Gasteiger partial charge in [-0.1, -0.05) is 0 Å². The van der Waals surface area contributed by atoms with Gasteiger partial charge in [-0.2, -0.15) is 12.6 Å². The zero-order valence-corrected chi connectivity index (χ0v) is 6.75. The van der Waals surface area contributed by atoms with Crippen LogP contribution in [0.1, 0.15) is 6.42 Å². The summed E-state index contributed by atoms with van der Waals surface area (Å²) in [7, 11) is 0. The van der Waals surface area contributed by atoms with Gasteiger partial charge in [-0.25, -0.2) is 0 Å². The molecular formula is C6H9NO3S. The number of rotatable bonds is 2. The number of carbonyl (C=O) groups excluding carboxylic acids is 1. The predicted octanol–water partition coefficient (Wildman–Crippen LogP) is -0.398. The van der Waals surface area contributed by atoms with Gasteiger partial charge < -0.3 is 10.0 Å². The van der Waals surface area contributed by atoms with E-state index >= 15 is 0 Å². The third-order valence-corrected chi connectivity index (χ3v) is 2.07. The Bertz CT molecular complexity index is 194. The number of aliphatic carboxylic acids is 1. The number of nitrogens with zero attached hydrogens (tertiary/aromatic N) is 1. The average molecular weight is 175 g/mol. The molecule has 1 rings (SSSR count). The van der Waals surface area contributed by atoms with Gasteiger partial charge >= 0.3 is 5.97 Å². The highest BCUT2D eigenvalue weighted by molar-refractivity contribution is 7.81. The van der Waals surface area contributed by atoms with Crippen LogP contribution in [0.2, 0.25) is 0 Å². The molecule has 1 amide bonds. The first-order valence-corrected chi connectivity index (χ1v) is 3.81. The van der Waals surface area contributed by atoms with E-state index in [-0.39, 0.29) is 17.7 Å². The van der Waals surface area contributed by atoms with Crippen molar-refractivity contribution in [2.24, 2.45) is 0 Å². The first-order valence-electron chi connectivity index (χ1n) is 3.30. The van der Waals surface area contributed by atoms with Crippen LogP contribution in [0.25, 0.3) is 0 Å². The molecule has 0 saturated carbocycles. The Morgan fingerprint density at radius 2 is 2.45 bits per heavy atom. The van der Waals surface area contributed by atoms with E-state index in [4.69, 9.17) is 5.11 Å². The third-order valence-electron chi connectivity index (χ3n) is 1.60. The molecule has 0 bridgehead atoms. The van der Waals surface area contributed by atoms with Crippen molar-refractivity contribution in [2.45, 2.75) is 11.7 Å². The minimum atomic E-state index is -0.971. The van der Waals surface area contributed by atoms with E-state index in [1.165, 1.54) is 4.90 Å². The smallest absolute Gasteiger partial charge is 0.323 e. The maximum atomic E-state index is 11.0. The second-order valence-corrected chi connectivity index (χ2v) is 3.08. The number of carboxylic acids is 1. The van der Waals surface area contributed by atoms with Crippen LogP contribution in [0.3, 0.4) is 0 Å². The van der Waals surface area contributed by atoms with Crippen LogP contribution in [0.4, 0.5) is 0 Å². The Labute approximate surface area is 69.6 Å². The van der Waals surface area contributed by atoms with Gasteiger partial charge in [0.2, 0.25) is 5.91 Å². The standard InChI is InChI=1S/C6H9NO3S/c8-5(9)3-7-2-1-4(11)6(7)10/h4,11H,1-3H2,(H,8,9)/t4-/m1/s1. The molecule has 0 aliphatic carbocycles. The van der Waals surface area contributed by atoms with E-state index in [9.17, 15) is 9.59 Å². The highest BCUT2D eigenvalue weighted by Gasteiger charge is 2.29. The molecule has 0 aromatic carbocycles. The molecule has 0 spiro atoms. The van der Waals surface area contributed by atoms with Gasteiger partial charge in [0, 0.05) is 6.54 Å². The van der Waals surface area contributed by atoms with Gasteiger partial charge in [-0.3, -0.25) is 9.59 Å². The quantitative estimate of drug-likeness (QED) is 0.561. The molecule has 0 aromatic heterocycles. The summed E-state index contributed by atoms with van der Waals surface area (Å²) in [5.74, 6) is -1.14. The number of thiol groups is 1. The van der Waals surface area contributed by atoms with E-state index in [1.54, 1.807) is 0 Å². The minimum absolute atomic E-state index is 0.171. The molecule has 1 aliphatic heterocycles. The molecule has 1 fully saturated rings. The summed E-state index contributed by atoms with van der Waals surface area (Å²) in [5, 5.41) is 8.06. The molecule has 11 heavy (non-hydrogen) atoms. The van der Waals surface area contributed by atoms with Gasteiger partial charge in [-0.15, -0.1) is 0 Å². The number of carbonyl (C=O) groups is 2. The second kappa shape index (κ2) is 3.13. The normalized spacial score (nSPS) is 24.3. The summed E-state index contributed by atoms with van der Waals surface area (Å²) in [5.41, 5.74) is 0. The van der Waals surface area contributed by atoms with Crippen molar-refractivity contribution >= 4 is 24.5 Å². The molecule has 1 saturated heterocycles. The Kier molecular flexibility index (Phi) is 2.38. The van der Waals surface area contributed by atoms with E-state index in [1.807, 2.05) is 0 Å². The second-order valence-electron chi connectivity index (χ2n) is 2.46. The highest BCUT2D eigenvalue weighted by Crippen LogP contribution is 2.15. The van der Waals surface area contributed by atoms with Crippen LogP contribution < -0.4 is 0 Å². The van der Waals surface area contributed by atoms with Gasteiger partial charge in [-0.05, 0) is 6.42 Å². The van der Waals surface area contributed by atoms with Gasteiger partial charge in [0.15, 0.2) is 0 Å². The molecule has 1 N–H and O–H groups in total. The molecule has 62 valence electrons. The van der Waals surface area contributed by atoms with Crippen LogP contribution in [-0.2, 0) is 9.59 Å². The van der Waals surface area contributed by atoms with Crippen molar-refractivity contribution in [1.82, 2.24) is 4.90 Å². The maximum Gasteiger partial charge on any atom is 0.323 e. The van der Waals surface area contributed by atoms with Gasteiger partial charge in [0.25, 0.3) is 0 Å². The van der Waals surface area contributed by atoms with Gasteiger partial charge in [0.05, 0.1) is 5.25 Å².